The van der Waals surface area contributed by atoms with Crippen molar-refractivity contribution in [3.8, 4) is 22.6 Å². The summed E-state index contributed by atoms with van der Waals surface area (Å²) in [6.07, 6.45) is 4.97. The summed E-state index contributed by atoms with van der Waals surface area (Å²) in [5, 5.41) is 2.06. The molecule has 44 heavy (non-hydrogen) atoms. The van der Waals surface area contributed by atoms with Crippen molar-refractivity contribution in [2.45, 2.75) is 50.0 Å². The van der Waals surface area contributed by atoms with Crippen molar-refractivity contribution in [3.05, 3.63) is 103 Å². The number of aromatic nitrogens is 5. The van der Waals surface area contributed by atoms with Crippen LogP contribution < -0.4 is 4.40 Å². The molecule has 7 aromatic rings. The Bertz CT molecular complexity index is 2100. The summed E-state index contributed by atoms with van der Waals surface area (Å²) >= 11 is -1.72. The molecule has 0 fully saturated rings. The maximum absolute atomic E-state index is 6.02. The molecule has 1 unspecified atom stereocenters. The van der Waals surface area contributed by atoms with E-state index in [0.29, 0.717) is 11.6 Å². The van der Waals surface area contributed by atoms with Crippen molar-refractivity contribution in [2.75, 3.05) is 0 Å². The fraction of sp³-hybridized carbons (Fsp3) is 0.222. The summed E-state index contributed by atoms with van der Waals surface area (Å²) < 4.78 is 9.74. The largest absolute Gasteiger partial charge is 0 e. The van der Waals surface area contributed by atoms with Crippen LogP contribution in [0.4, 0.5) is 0 Å². The number of fused-ring (bicyclic) bond motifs is 3. The number of rotatable bonds is 3. The number of furan rings is 1. The first-order valence-electron chi connectivity index (χ1n) is 14.8. The molecule has 0 saturated carbocycles. The number of pyridine rings is 3. The van der Waals surface area contributed by atoms with Crippen molar-refractivity contribution in [3.63, 3.8) is 0 Å². The van der Waals surface area contributed by atoms with Crippen LogP contribution in [0.25, 0.3) is 55.7 Å². The van der Waals surface area contributed by atoms with Crippen molar-refractivity contribution in [2.24, 2.45) is 0 Å². The molecule has 5 aromatic heterocycles. The van der Waals surface area contributed by atoms with Crippen LogP contribution in [0, 0.1) is 19.1 Å². The Balaban J connectivity index is 0.000000174. The minimum Gasteiger partial charge on any atom is 0 e. The Labute approximate surface area is 273 Å². The minimum atomic E-state index is -1.72. The van der Waals surface area contributed by atoms with Gasteiger partial charge in [0.2, 0.25) is 5.71 Å². The van der Waals surface area contributed by atoms with E-state index in [2.05, 4.69) is 74.0 Å². The van der Waals surface area contributed by atoms with E-state index >= 15 is 0 Å². The molecular weight excluding hydrogens is 783 g/mol. The number of nitrogens with zero attached hydrogens (tertiary/aromatic N) is 5. The molecule has 223 valence electrons. The predicted molar refractivity (Wildman–Crippen MR) is 176 cm³/mol. The van der Waals surface area contributed by atoms with E-state index in [1.54, 1.807) is 0 Å². The Morgan fingerprint density at radius 3 is 2.55 bits per heavy atom. The molecule has 2 aromatic carbocycles. The van der Waals surface area contributed by atoms with Gasteiger partial charge in [0.25, 0.3) is 0 Å². The topological polar surface area (TPSA) is 69.6 Å². The van der Waals surface area contributed by atoms with Gasteiger partial charge in [-0.2, -0.15) is 0 Å². The zero-order valence-electron chi connectivity index (χ0n) is 25.5. The Kier molecular flexibility index (Phi) is 8.31. The summed E-state index contributed by atoms with van der Waals surface area (Å²) in [7, 11) is 0. The minimum absolute atomic E-state index is 0. The van der Waals surface area contributed by atoms with Gasteiger partial charge in [-0.15, -0.1) is 17.7 Å². The number of hydrogen-bond donors (Lipinski definition) is 0. The van der Waals surface area contributed by atoms with E-state index in [0.717, 1.165) is 74.4 Å². The molecule has 0 aliphatic carbocycles. The van der Waals surface area contributed by atoms with Crippen LogP contribution in [-0.4, -0.2) is 37.8 Å². The van der Waals surface area contributed by atoms with Crippen molar-refractivity contribution >= 4 is 50.8 Å². The van der Waals surface area contributed by atoms with Gasteiger partial charge in [-0.3, -0.25) is 9.97 Å². The fourth-order valence-electron chi connectivity index (χ4n) is 5.71. The number of imidazole rings is 1. The molecule has 1 aliphatic rings. The van der Waals surface area contributed by atoms with E-state index < -0.39 is 13.3 Å². The van der Waals surface area contributed by atoms with Gasteiger partial charge in [0, 0.05) is 49.8 Å². The van der Waals surface area contributed by atoms with Gasteiger partial charge in [0.15, 0.2) is 0 Å². The summed E-state index contributed by atoms with van der Waals surface area (Å²) in [6, 6.07) is 29.0. The van der Waals surface area contributed by atoms with Gasteiger partial charge in [0.1, 0.15) is 0 Å². The molecule has 0 amide bonds. The molecule has 1 atom stereocenters. The SMILES string of the molecule is Cc1ccc2c(n1)oc1cc(-c3nc4ccnc5c4n3CCC5C)[c-]cc12.[CH3][Ge]([CH3])([CH3])[c]1ccc(-c2[c-]cccc2)nc1.[Ir]. The standard InChI is InChI=1S/C22H17N4O.C14H16GeN.Ir/c1-12-8-10-26-20-17(7-9-23-19(12)20)25-21(26)14-4-6-15-16-5-3-13(2)24-22(16)27-18(15)11-14;1-15(2,3)13-9-10-14(16-11-13)12-7-5-4-6-8-12;/h3,5-7,9,11-12H,8,10H2,1-2H3;4-7,9-11H,1-3H3;/q2*-1;. The average Bonchev–Trinajstić information content (AvgIpc) is 3.57. The third kappa shape index (κ3) is 5.65. The van der Waals surface area contributed by atoms with Crippen LogP contribution >= 0.6 is 0 Å². The van der Waals surface area contributed by atoms with Gasteiger partial charge in [-0.1, -0.05) is 24.4 Å². The summed E-state index contributed by atoms with van der Waals surface area (Å²) in [5.74, 6) is 8.53. The number of aryl methyl sites for hydroxylation is 2. The van der Waals surface area contributed by atoms with E-state index in [1.165, 1.54) is 4.40 Å². The molecule has 0 N–H and O–H groups in total. The van der Waals surface area contributed by atoms with Crippen LogP contribution in [0.1, 0.15) is 30.7 Å². The Morgan fingerprint density at radius 1 is 0.932 bits per heavy atom. The Hall–Kier alpha value is -3.65. The molecule has 6 nitrogen and oxygen atoms in total. The first kappa shape index (κ1) is 30.4. The maximum Gasteiger partial charge on any atom is 0 e. The fourth-order valence-corrected chi connectivity index (χ4v) is 7.89. The number of benzene rings is 2. The molecule has 8 rings (SSSR count). The second-order valence-electron chi connectivity index (χ2n) is 12.3. The normalized spacial score (nSPS) is 14.3. The molecule has 1 aliphatic heterocycles. The second-order valence-corrected chi connectivity index (χ2v) is 23.0. The van der Waals surface area contributed by atoms with Crippen LogP contribution in [0.2, 0.25) is 17.3 Å². The Morgan fingerprint density at radius 2 is 1.80 bits per heavy atom. The van der Waals surface area contributed by atoms with Crippen molar-refractivity contribution in [1.82, 2.24) is 24.5 Å². The van der Waals surface area contributed by atoms with Gasteiger partial charge < -0.3 is 8.98 Å². The molecule has 1 radical (unpaired) electrons. The number of hydrogen-bond acceptors (Lipinski definition) is 5. The van der Waals surface area contributed by atoms with Crippen molar-refractivity contribution in [1.29, 1.82) is 0 Å². The third-order valence-corrected chi connectivity index (χ3v) is 12.5. The third-order valence-electron chi connectivity index (χ3n) is 8.20. The first-order chi connectivity index (χ1) is 20.8. The van der Waals surface area contributed by atoms with Crippen molar-refractivity contribution < 1.29 is 24.5 Å². The zero-order valence-corrected chi connectivity index (χ0v) is 30.0. The monoisotopic (exact) mass is 818 g/mol. The predicted octanol–water partition coefficient (Wildman–Crippen LogP) is 8.10. The molecule has 0 spiro atoms. The zero-order chi connectivity index (χ0) is 29.7. The summed E-state index contributed by atoms with van der Waals surface area (Å²) in [5.41, 5.74) is 8.75. The summed E-state index contributed by atoms with van der Waals surface area (Å²) in [4.78, 5) is 18.5. The quantitative estimate of drug-likeness (QED) is 0.133. The van der Waals surface area contributed by atoms with Gasteiger partial charge in [-0.05, 0) is 25.5 Å². The summed E-state index contributed by atoms with van der Waals surface area (Å²) in [6.45, 7) is 5.15. The van der Waals surface area contributed by atoms with Crippen LogP contribution in [0.15, 0.2) is 83.5 Å². The van der Waals surface area contributed by atoms with E-state index in [1.807, 2.05) is 67.8 Å². The maximum atomic E-state index is 6.02. The molecule has 6 heterocycles. The molecule has 0 bridgehead atoms. The van der Waals surface area contributed by atoms with Gasteiger partial charge in [0.05, 0.1) is 28.1 Å². The van der Waals surface area contributed by atoms with Gasteiger partial charge >= 0.3 is 99.8 Å². The van der Waals surface area contributed by atoms with Crippen LogP contribution in [0.5, 0.6) is 0 Å². The molecule has 0 saturated heterocycles. The molecular formula is C36H33GeIrN5O-2. The smallest absolute Gasteiger partial charge is 0 e. The van der Waals surface area contributed by atoms with Crippen LogP contribution in [0.3, 0.4) is 0 Å². The van der Waals surface area contributed by atoms with E-state index in [-0.39, 0.29) is 20.1 Å². The average molecular weight is 817 g/mol. The van der Waals surface area contributed by atoms with Gasteiger partial charge in [-0.25, -0.2) is 4.98 Å². The van der Waals surface area contributed by atoms with E-state index in [9.17, 15) is 0 Å². The second kappa shape index (κ2) is 12.0. The molecule has 8 heteroatoms. The van der Waals surface area contributed by atoms with E-state index in [4.69, 9.17) is 9.40 Å². The first-order valence-corrected chi connectivity index (χ1v) is 22.1. The van der Waals surface area contributed by atoms with Crippen LogP contribution in [-0.2, 0) is 26.7 Å².